The second kappa shape index (κ2) is 5.61. The summed E-state index contributed by atoms with van der Waals surface area (Å²) >= 11 is 0. The van der Waals surface area contributed by atoms with Crippen molar-refractivity contribution in [3.63, 3.8) is 0 Å². The normalized spacial score (nSPS) is 23.4. The Hall–Kier alpha value is -1.55. The number of nitrogens with zero attached hydrogens (tertiary/aromatic N) is 1. The molecule has 1 aliphatic rings. The van der Waals surface area contributed by atoms with Gasteiger partial charge in [0.25, 0.3) is 5.91 Å². The molecule has 4 nitrogen and oxygen atoms in total. The molecule has 0 radical (unpaired) electrons. The van der Waals surface area contributed by atoms with Crippen LogP contribution in [-0.4, -0.2) is 36.1 Å². The van der Waals surface area contributed by atoms with Crippen LogP contribution in [0.2, 0.25) is 0 Å². The Morgan fingerprint density at radius 3 is 2.89 bits per heavy atom. The lowest BCUT2D eigenvalue weighted by atomic mass is 10.1. The predicted octanol–water partition coefficient (Wildman–Crippen LogP) is 2.22. The molecule has 2 rings (SSSR count). The van der Waals surface area contributed by atoms with E-state index in [1.165, 1.54) is 0 Å². The van der Waals surface area contributed by atoms with E-state index >= 15 is 0 Å². The lowest BCUT2D eigenvalue weighted by molar-refractivity contribution is -0.0681. The Balaban J connectivity index is 2.21. The SMILES string of the molecule is CCC1CN(C(=O)c2cc(N)ccc2C)CC(C)O1. The third kappa shape index (κ3) is 3.07. The van der Waals surface area contributed by atoms with Crippen LogP contribution in [0.5, 0.6) is 0 Å². The second-order valence-corrected chi connectivity index (χ2v) is 5.26. The van der Waals surface area contributed by atoms with E-state index in [2.05, 4.69) is 6.92 Å². The number of ether oxygens (including phenoxy) is 1. The summed E-state index contributed by atoms with van der Waals surface area (Å²) in [6, 6.07) is 5.48. The summed E-state index contributed by atoms with van der Waals surface area (Å²) in [5, 5.41) is 0. The van der Waals surface area contributed by atoms with Crippen molar-refractivity contribution in [2.75, 3.05) is 18.8 Å². The third-order valence-corrected chi connectivity index (χ3v) is 3.56. The minimum atomic E-state index is 0.0541. The van der Waals surface area contributed by atoms with Crippen molar-refractivity contribution in [3.05, 3.63) is 29.3 Å². The van der Waals surface area contributed by atoms with Crippen molar-refractivity contribution >= 4 is 11.6 Å². The van der Waals surface area contributed by atoms with Gasteiger partial charge in [-0.2, -0.15) is 0 Å². The predicted molar refractivity (Wildman–Crippen MR) is 76.1 cm³/mol. The molecular weight excluding hydrogens is 240 g/mol. The van der Waals surface area contributed by atoms with Crippen molar-refractivity contribution in [1.29, 1.82) is 0 Å². The van der Waals surface area contributed by atoms with Gasteiger partial charge in [-0.25, -0.2) is 0 Å². The number of benzene rings is 1. The highest BCUT2D eigenvalue weighted by Crippen LogP contribution is 2.19. The molecule has 19 heavy (non-hydrogen) atoms. The van der Waals surface area contributed by atoms with Crippen LogP contribution < -0.4 is 5.73 Å². The molecule has 1 aliphatic heterocycles. The fourth-order valence-corrected chi connectivity index (χ4v) is 2.48. The molecule has 1 saturated heterocycles. The lowest BCUT2D eigenvalue weighted by Gasteiger charge is -2.36. The van der Waals surface area contributed by atoms with E-state index in [0.717, 1.165) is 12.0 Å². The van der Waals surface area contributed by atoms with Crippen LogP contribution in [0.3, 0.4) is 0 Å². The number of carbonyl (C=O) groups is 1. The maximum Gasteiger partial charge on any atom is 0.254 e. The summed E-state index contributed by atoms with van der Waals surface area (Å²) in [6.07, 6.45) is 1.14. The summed E-state index contributed by atoms with van der Waals surface area (Å²) in [5.74, 6) is 0.0541. The van der Waals surface area contributed by atoms with E-state index < -0.39 is 0 Å². The van der Waals surface area contributed by atoms with Gasteiger partial charge in [0.05, 0.1) is 12.2 Å². The Morgan fingerprint density at radius 1 is 1.47 bits per heavy atom. The van der Waals surface area contributed by atoms with E-state index in [1.807, 2.05) is 30.9 Å². The number of hydrogen-bond acceptors (Lipinski definition) is 3. The zero-order valence-electron chi connectivity index (χ0n) is 11.8. The molecule has 0 aliphatic carbocycles. The Morgan fingerprint density at radius 2 is 2.21 bits per heavy atom. The van der Waals surface area contributed by atoms with Crippen LogP contribution in [0, 0.1) is 6.92 Å². The number of nitrogens with two attached hydrogens (primary N) is 1. The number of morpholine rings is 1. The standard InChI is InChI=1S/C15H22N2O2/c1-4-13-9-17(8-11(3)19-13)15(18)14-7-12(16)6-5-10(14)2/h5-7,11,13H,4,8-9,16H2,1-3H3. The van der Waals surface area contributed by atoms with E-state index in [0.29, 0.717) is 24.3 Å². The van der Waals surface area contributed by atoms with E-state index in [-0.39, 0.29) is 18.1 Å². The van der Waals surface area contributed by atoms with Crippen LogP contribution in [-0.2, 0) is 4.74 Å². The monoisotopic (exact) mass is 262 g/mol. The number of nitrogen functional groups attached to an aromatic ring is 1. The van der Waals surface area contributed by atoms with Crippen molar-refractivity contribution in [2.45, 2.75) is 39.4 Å². The van der Waals surface area contributed by atoms with Gasteiger partial charge in [0.2, 0.25) is 0 Å². The average Bonchev–Trinajstić information content (AvgIpc) is 2.40. The number of aryl methyl sites for hydroxylation is 1. The van der Waals surface area contributed by atoms with Crippen LogP contribution in [0.15, 0.2) is 18.2 Å². The van der Waals surface area contributed by atoms with E-state index in [4.69, 9.17) is 10.5 Å². The van der Waals surface area contributed by atoms with Crippen molar-refractivity contribution in [2.24, 2.45) is 0 Å². The Bertz CT molecular complexity index is 473. The van der Waals surface area contributed by atoms with E-state index in [1.54, 1.807) is 6.07 Å². The third-order valence-electron chi connectivity index (χ3n) is 3.56. The molecule has 0 saturated carbocycles. The molecule has 0 spiro atoms. The number of anilines is 1. The van der Waals surface area contributed by atoms with Gasteiger partial charge in [0, 0.05) is 24.3 Å². The van der Waals surface area contributed by atoms with Crippen LogP contribution in [0.1, 0.15) is 36.2 Å². The van der Waals surface area contributed by atoms with Crippen LogP contribution in [0.4, 0.5) is 5.69 Å². The van der Waals surface area contributed by atoms with Gasteiger partial charge in [-0.15, -0.1) is 0 Å². The number of amides is 1. The molecule has 2 atom stereocenters. The summed E-state index contributed by atoms with van der Waals surface area (Å²) in [7, 11) is 0. The maximum absolute atomic E-state index is 12.6. The van der Waals surface area contributed by atoms with Gasteiger partial charge in [-0.3, -0.25) is 4.79 Å². The van der Waals surface area contributed by atoms with E-state index in [9.17, 15) is 4.79 Å². The molecule has 4 heteroatoms. The molecule has 2 unspecified atom stereocenters. The molecule has 2 N–H and O–H groups in total. The molecule has 0 bridgehead atoms. The zero-order chi connectivity index (χ0) is 14.0. The molecule has 1 fully saturated rings. The molecule has 1 aromatic carbocycles. The smallest absolute Gasteiger partial charge is 0.254 e. The number of carbonyl (C=O) groups excluding carboxylic acids is 1. The molecule has 1 heterocycles. The van der Waals surface area contributed by atoms with Crippen molar-refractivity contribution < 1.29 is 9.53 Å². The fourth-order valence-electron chi connectivity index (χ4n) is 2.48. The van der Waals surface area contributed by atoms with Crippen LogP contribution >= 0.6 is 0 Å². The first-order chi connectivity index (χ1) is 9.01. The Labute approximate surface area is 114 Å². The minimum Gasteiger partial charge on any atom is -0.399 e. The van der Waals surface area contributed by atoms with Gasteiger partial charge in [0.15, 0.2) is 0 Å². The summed E-state index contributed by atoms with van der Waals surface area (Å²) in [4.78, 5) is 14.5. The van der Waals surface area contributed by atoms with Crippen molar-refractivity contribution in [3.8, 4) is 0 Å². The quantitative estimate of drug-likeness (QED) is 0.831. The first kappa shape index (κ1) is 13.9. The van der Waals surface area contributed by atoms with Gasteiger partial charge in [0.1, 0.15) is 0 Å². The molecule has 0 aromatic heterocycles. The first-order valence-corrected chi connectivity index (χ1v) is 6.82. The largest absolute Gasteiger partial charge is 0.399 e. The van der Waals surface area contributed by atoms with Gasteiger partial charge < -0.3 is 15.4 Å². The number of rotatable bonds is 2. The molecule has 104 valence electrons. The topological polar surface area (TPSA) is 55.6 Å². The lowest BCUT2D eigenvalue weighted by Crippen LogP contribution is -2.49. The number of hydrogen-bond donors (Lipinski definition) is 1. The highest BCUT2D eigenvalue weighted by molar-refractivity contribution is 5.96. The first-order valence-electron chi connectivity index (χ1n) is 6.82. The second-order valence-electron chi connectivity index (χ2n) is 5.26. The fraction of sp³-hybridized carbons (Fsp3) is 0.533. The summed E-state index contributed by atoms with van der Waals surface area (Å²) in [6.45, 7) is 7.33. The summed E-state index contributed by atoms with van der Waals surface area (Å²) < 4.78 is 5.79. The summed E-state index contributed by atoms with van der Waals surface area (Å²) in [5.41, 5.74) is 8.07. The van der Waals surface area contributed by atoms with Gasteiger partial charge in [-0.05, 0) is 38.0 Å². The van der Waals surface area contributed by atoms with Gasteiger partial charge in [-0.1, -0.05) is 13.0 Å². The maximum atomic E-state index is 12.6. The van der Waals surface area contributed by atoms with Crippen LogP contribution in [0.25, 0.3) is 0 Å². The highest BCUT2D eigenvalue weighted by Gasteiger charge is 2.28. The zero-order valence-corrected chi connectivity index (χ0v) is 11.8. The van der Waals surface area contributed by atoms with Gasteiger partial charge >= 0.3 is 0 Å². The molecular formula is C15H22N2O2. The molecule has 1 amide bonds. The minimum absolute atomic E-state index is 0.0541. The highest BCUT2D eigenvalue weighted by atomic mass is 16.5. The average molecular weight is 262 g/mol. The van der Waals surface area contributed by atoms with Crippen molar-refractivity contribution in [1.82, 2.24) is 4.90 Å². The Kier molecular flexibility index (Phi) is 4.10. The molecule has 1 aromatic rings.